The molecule has 0 heterocycles. The smallest absolute Gasteiger partial charge is 0.407 e. The van der Waals surface area contributed by atoms with Crippen LogP contribution < -0.4 is 14.8 Å². The lowest BCUT2D eigenvalue weighted by atomic mass is 9.98. The van der Waals surface area contributed by atoms with E-state index in [0.29, 0.717) is 17.1 Å². The van der Waals surface area contributed by atoms with Crippen molar-refractivity contribution in [2.45, 2.75) is 25.0 Å². The molecule has 0 aliphatic heterocycles. The number of amides is 1. The van der Waals surface area contributed by atoms with Crippen molar-refractivity contribution >= 4 is 34.7 Å². The normalized spacial score (nSPS) is 12.7. The minimum Gasteiger partial charge on any atom is -0.496 e. The van der Waals surface area contributed by atoms with Crippen molar-refractivity contribution in [3.05, 3.63) is 117 Å². The zero-order chi connectivity index (χ0) is 28.1. The molecule has 0 saturated carbocycles. The Bertz CT molecular complexity index is 1470. The number of benzene rings is 4. The number of hydrogen-bond acceptors (Lipinski definition) is 5. The van der Waals surface area contributed by atoms with Crippen LogP contribution in [0.4, 0.5) is 4.79 Å². The van der Waals surface area contributed by atoms with Crippen molar-refractivity contribution in [3.8, 4) is 22.6 Å². The van der Waals surface area contributed by atoms with Crippen molar-refractivity contribution in [1.82, 2.24) is 5.32 Å². The van der Waals surface area contributed by atoms with Crippen LogP contribution in [-0.4, -0.2) is 36.9 Å². The molecule has 0 spiro atoms. The summed E-state index contributed by atoms with van der Waals surface area (Å²) in [6, 6.07) is 28.0. The molecule has 0 saturated heterocycles. The van der Waals surface area contributed by atoms with Crippen LogP contribution in [0.25, 0.3) is 11.1 Å². The van der Waals surface area contributed by atoms with Crippen LogP contribution in [0.1, 0.15) is 28.2 Å². The van der Waals surface area contributed by atoms with Gasteiger partial charge < -0.3 is 24.6 Å². The zero-order valence-electron chi connectivity index (χ0n) is 21.8. The van der Waals surface area contributed by atoms with Crippen molar-refractivity contribution in [2.75, 3.05) is 13.7 Å². The molecular weight excluding hydrogens is 621 g/mol. The van der Waals surface area contributed by atoms with Crippen molar-refractivity contribution in [2.24, 2.45) is 0 Å². The summed E-state index contributed by atoms with van der Waals surface area (Å²) in [4.78, 5) is 24.8. The predicted octanol–water partition coefficient (Wildman–Crippen LogP) is 6.41. The summed E-state index contributed by atoms with van der Waals surface area (Å²) in [6.07, 6.45) is -0.704. The highest BCUT2D eigenvalue weighted by atomic mass is 127. The number of fused-ring (bicyclic) bond motifs is 3. The highest BCUT2D eigenvalue weighted by molar-refractivity contribution is 14.1. The highest BCUT2D eigenvalue weighted by Gasteiger charge is 2.30. The summed E-state index contributed by atoms with van der Waals surface area (Å²) in [5.74, 6) is 0.0820. The van der Waals surface area contributed by atoms with E-state index in [1.165, 1.54) is 0 Å². The molecule has 40 heavy (non-hydrogen) atoms. The van der Waals surface area contributed by atoms with Gasteiger partial charge in [0.1, 0.15) is 30.8 Å². The molecule has 1 atom stereocenters. The molecule has 5 rings (SSSR count). The Balaban J connectivity index is 1.23. The number of ether oxygens (including phenoxy) is 3. The van der Waals surface area contributed by atoms with Crippen molar-refractivity contribution in [3.63, 3.8) is 0 Å². The van der Waals surface area contributed by atoms with Gasteiger partial charge in [0, 0.05) is 21.5 Å². The number of aliphatic carboxylic acids is 1. The number of rotatable bonds is 10. The molecule has 4 aromatic rings. The number of methoxy groups -OCH3 is 1. The predicted molar refractivity (Wildman–Crippen MR) is 160 cm³/mol. The number of halogens is 1. The summed E-state index contributed by atoms with van der Waals surface area (Å²) in [5, 5.41) is 12.4. The summed E-state index contributed by atoms with van der Waals surface area (Å²) in [6.45, 7) is 0.351. The van der Waals surface area contributed by atoms with Crippen molar-refractivity contribution < 1.29 is 28.9 Å². The van der Waals surface area contributed by atoms with Crippen LogP contribution in [0.2, 0.25) is 0 Å². The van der Waals surface area contributed by atoms with Crippen LogP contribution >= 0.6 is 22.6 Å². The fraction of sp³-hybridized carbons (Fsp3) is 0.188. The lowest BCUT2D eigenvalue weighted by Gasteiger charge is -2.18. The molecule has 1 unspecified atom stereocenters. The monoisotopic (exact) mass is 649 g/mol. The van der Waals surface area contributed by atoms with Gasteiger partial charge in [0.2, 0.25) is 0 Å². The second-order valence-electron chi connectivity index (χ2n) is 9.45. The van der Waals surface area contributed by atoms with Crippen LogP contribution in [0, 0.1) is 3.57 Å². The second kappa shape index (κ2) is 12.4. The Morgan fingerprint density at radius 3 is 2.20 bits per heavy atom. The molecule has 4 aromatic carbocycles. The molecule has 0 aromatic heterocycles. The lowest BCUT2D eigenvalue weighted by Crippen LogP contribution is -2.42. The molecular formula is C32H28INO6. The van der Waals surface area contributed by atoms with Gasteiger partial charge >= 0.3 is 12.1 Å². The van der Waals surface area contributed by atoms with E-state index in [1.807, 2.05) is 66.7 Å². The number of alkyl carbamates (subject to hydrolysis) is 1. The summed E-state index contributed by atoms with van der Waals surface area (Å²) in [7, 11) is 1.57. The SMILES string of the molecule is COc1ccc(CC(NC(=O)OCC2c3ccccc3-c3ccccc32)C(=O)O)cc1COc1ccc(I)cc1. The summed E-state index contributed by atoms with van der Waals surface area (Å²) < 4.78 is 18.0. The Kier molecular flexibility index (Phi) is 8.54. The molecule has 8 heteroatoms. The van der Waals surface area contributed by atoms with Crippen LogP contribution in [0.15, 0.2) is 91.0 Å². The number of nitrogens with one attached hydrogen (secondary N) is 1. The van der Waals surface area contributed by atoms with Gasteiger partial charge in [-0.2, -0.15) is 0 Å². The molecule has 0 fully saturated rings. The van der Waals surface area contributed by atoms with Crippen LogP contribution in [-0.2, 0) is 22.6 Å². The molecule has 0 bridgehead atoms. The van der Waals surface area contributed by atoms with E-state index in [9.17, 15) is 14.7 Å². The first kappa shape index (κ1) is 27.5. The Morgan fingerprint density at radius 2 is 1.57 bits per heavy atom. The number of carboxylic acids is 1. The third kappa shape index (κ3) is 6.22. The third-order valence-electron chi connectivity index (χ3n) is 6.93. The summed E-state index contributed by atoms with van der Waals surface area (Å²) >= 11 is 2.23. The van der Waals surface area contributed by atoms with Gasteiger partial charge in [-0.05, 0) is 86.8 Å². The van der Waals surface area contributed by atoms with E-state index in [1.54, 1.807) is 19.2 Å². The molecule has 1 aliphatic rings. The van der Waals surface area contributed by atoms with E-state index < -0.39 is 18.1 Å². The maximum absolute atomic E-state index is 12.7. The molecule has 1 amide bonds. The van der Waals surface area contributed by atoms with Gasteiger partial charge in [-0.3, -0.25) is 0 Å². The van der Waals surface area contributed by atoms with Gasteiger partial charge in [0.25, 0.3) is 0 Å². The van der Waals surface area contributed by atoms with Gasteiger partial charge in [0.15, 0.2) is 0 Å². The first-order valence-corrected chi connectivity index (χ1v) is 13.9. The zero-order valence-corrected chi connectivity index (χ0v) is 24.0. The largest absolute Gasteiger partial charge is 0.496 e. The van der Waals surface area contributed by atoms with E-state index in [0.717, 1.165) is 31.4 Å². The van der Waals surface area contributed by atoms with E-state index in [2.05, 4.69) is 40.0 Å². The average Bonchev–Trinajstić information content (AvgIpc) is 3.29. The van der Waals surface area contributed by atoms with E-state index >= 15 is 0 Å². The maximum atomic E-state index is 12.7. The molecule has 2 N–H and O–H groups in total. The number of carbonyl (C=O) groups is 2. The topological polar surface area (TPSA) is 94.1 Å². The van der Waals surface area contributed by atoms with Crippen LogP contribution in [0.5, 0.6) is 11.5 Å². The Labute approximate surface area is 246 Å². The van der Waals surface area contributed by atoms with Gasteiger partial charge in [-0.25, -0.2) is 9.59 Å². The average molecular weight is 649 g/mol. The molecule has 1 aliphatic carbocycles. The second-order valence-corrected chi connectivity index (χ2v) is 10.7. The number of carboxylic acid groups (broad SMARTS) is 1. The molecule has 0 radical (unpaired) electrons. The maximum Gasteiger partial charge on any atom is 0.407 e. The third-order valence-corrected chi connectivity index (χ3v) is 7.65. The van der Waals surface area contributed by atoms with E-state index in [4.69, 9.17) is 14.2 Å². The van der Waals surface area contributed by atoms with Crippen LogP contribution in [0.3, 0.4) is 0 Å². The Morgan fingerprint density at radius 1 is 0.925 bits per heavy atom. The van der Waals surface area contributed by atoms with E-state index in [-0.39, 0.29) is 25.6 Å². The van der Waals surface area contributed by atoms with Gasteiger partial charge in [-0.1, -0.05) is 54.6 Å². The Hall–Kier alpha value is -4.05. The molecule has 204 valence electrons. The first-order chi connectivity index (χ1) is 19.4. The quantitative estimate of drug-likeness (QED) is 0.193. The molecule has 7 nitrogen and oxygen atoms in total. The van der Waals surface area contributed by atoms with Gasteiger partial charge in [-0.15, -0.1) is 0 Å². The summed E-state index contributed by atoms with van der Waals surface area (Å²) in [5.41, 5.74) is 5.90. The highest BCUT2D eigenvalue weighted by Crippen LogP contribution is 2.44. The van der Waals surface area contributed by atoms with Crippen molar-refractivity contribution in [1.29, 1.82) is 0 Å². The standard InChI is InChI=1S/C32H28INO6/c1-38-30-15-10-20(16-21(30)18-39-23-13-11-22(33)12-14-23)17-29(31(35)36)34-32(37)40-19-28-26-8-4-2-6-24(26)25-7-3-5-9-27(25)28/h2-16,28-29H,17-19H2,1H3,(H,34,37)(H,35,36). The fourth-order valence-corrected chi connectivity index (χ4v) is 5.34. The fourth-order valence-electron chi connectivity index (χ4n) is 4.98. The lowest BCUT2D eigenvalue weighted by molar-refractivity contribution is -0.139. The number of carbonyl (C=O) groups excluding carboxylic acids is 1. The first-order valence-electron chi connectivity index (χ1n) is 12.8. The number of hydrogen-bond donors (Lipinski definition) is 2. The minimum absolute atomic E-state index is 0.0695. The van der Waals surface area contributed by atoms with Gasteiger partial charge in [0.05, 0.1) is 7.11 Å². The minimum atomic E-state index is -1.17.